The van der Waals surface area contributed by atoms with Gasteiger partial charge >= 0.3 is 0 Å². The molecule has 2 N–H and O–H groups in total. The van der Waals surface area contributed by atoms with Crippen LogP contribution in [0.2, 0.25) is 0 Å². The molecular formula is C11H19NO2S2. The summed E-state index contributed by atoms with van der Waals surface area (Å²) in [6.07, 6.45) is 0.892. The van der Waals surface area contributed by atoms with E-state index >= 15 is 0 Å². The monoisotopic (exact) mass is 261 g/mol. The van der Waals surface area contributed by atoms with Gasteiger partial charge in [0.05, 0.1) is 12.0 Å². The van der Waals surface area contributed by atoms with Crippen LogP contribution in [0.3, 0.4) is 0 Å². The Bertz CT molecular complexity index is 279. The lowest BCUT2D eigenvalue weighted by Crippen LogP contribution is -2.16. The third-order valence-corrected chi connectivity index (χ3v) is 4.05. The first-order chi connectivity index (χ1) is 7.88. The Hall–Kier alpha value is -0.230. The summed E-state index contributed by atoms with van der Waals surface area (Å²) in [5, 5.41) is 14.0. The van der Waals surface area contributed by atoms with Crippen LogP contribution in [0.5, 0.6) is 5.75 Å². The molecule has 0 fully saturated rings. The van der Waals surface area contributed by atoms with Crippen LogP contribution in [-0.2, 0) is 6.54 Å². The smallest absolute Gasteiger partial charge is 0.134 e. The van der Waals surface area contributed by atoms with Crippen molar-refractivity contribution in [3.05, 3.63) is 16.3 Å². The molecule has 0 bridgehead atoms. The molecule has 0 saturated heterocycles. The van der Waals surface area contributed by atoms with E-state index in [-0.39, 0.29) is 0 Å². The SMILES string of the molecule is COc1ccsc1CNCCSCCCO. The molecule has 0 aliphatic heterocycles. The number of aliphatic hydroxyl groups excluding tert-OH is 1. The number of thiophene rings is 1. The second-order valence-corrected chi connectivity index (χ2v) is 5.50. The number of methoxy groups -OCH3 is 1. The summed E-state index contributed by atoms with van der Waals surface area (Å²) in [7, 11) is 1.70. The molecular weight excluding hydrogens is 242 g/mol. The maximum absolute atomic E-state index is 8.61. The molecule has 1 aromatic heterocycles. The summed E-state index contributed by atoms with van der Waals surface area (Å²) in [6.45, 7) is 2.17. The first-order valence-corrected chi connectivity index (χ1v) is 7.41. The Kier molecular flexibility index (Phi) is 7.67. The van der Waals surface area contributed by atoms with Gasteiger partial charge in [0.1, 0.15) is 5.75 Å². The summed E-state index contributed by atoms with van der Waals surface area (Å²) in [5.74, 6) is 3.11. The van der Waals surface area contributed by atoms with E-state index in [0.717, 1.165) is 36.8 Å². The summed E-state index contributed by atoms with van der Waals surface area (Å²) in [5.41, 5.74) is 0. The van der Waals surface area contributed by atoms with Gasteiger partial charge < -0.3 is 15.2 Å². The van der Waals surface area contributed by atoms with Crippen molar-refractivity contribution >= 4 is 23.1 Å². The Morgan fingerprint density at radius 2 is 2.38 bits per heavy atom. The van der Waals surface area contributed by atoms with Crippen molar-refractivity contribution in [1.29, 1.82) is 0 Å². The molecule has 1 heterocycles. The highest BCUT2D eigenvalue weighted by Crippen LogP contribution is 2.23. The number of nitrogens with one attached hydrogen (secondary N) is 1. The van der Waals surface area contributed by atoms with Crippen LogP contribution in [0.15, 0.2) is 11.4 Å². The Morgan fingerprint density at radius 1 is 1.50 bits per heavy atom. The number of thioether (sulfide) groups is 1. The summed E-state index contributed by atoms with van der Waals surface area (Å²) in [6, 6.07) is 2.00. The third kappa shape index (κ3) is 5.21. The Balaban J connectivity index is 2.03. The fourth-order valence-corrected chi connectivity index (χ4v) is 2.89. The van der Waals surface area contributed by atoms with E-state index in [2.05, 4.69) is 5.32 Å². The molecule has 0 unspecified atom stereocenters. The van der Waals surface area contributed by atoms with Gasteiger partial charge in [0, 0.05) is 25.4 Å². The zero-order valence-electron chi connectivity index (χ0n) is 9.57. The fourth-order valence-electron chi connectivity index (χ4n) is 1.25. The van der Waals surface area contributed by atoms with E-state index in [1.54, 1.807) is 18.4 Å². The summed E-state index contributed by atoms with van der Waals surface area (Å²) >= 11 is 3.59. The molecule has 1 rings (SSSR count). The van der Waals surface area contributed by atoms with Gasteiger partial charge in [-0.2, -0.15) is 11.8 Å². The zero-order valence-corrected chi connectivity index (χ0v) is 11.2. The standard InChI is InChI=1S/C11H19NO2S2/c1-14-10-3-7-16-11(10)9-12-4-8-15-6-2-5-13/h3,7,12-13H,2,4-6,8-9H2,1H3. The molecule has 0 amide bonds. The van der Waals surface area contributed by atoms with Crippen molar-refractivity contribution in [2.24, 2.45) is 0 Å². The van der Waals surface area contributed by atoms with Crippen molar-refractivity contribution < 1.29 is 9.84 Å². The molecule has 16 heavy (non-hydrogen) atoms. The van der Waals surface area contributed by atoms with E-state index in [9.17, 15) is 0 Å². The molecule has 0 aliphatic carbocycles. The molecule has 0 spiro atoms. The average molecular weight is 261 g/mol. The maximum Gasteiger partial charge on any atom is 0.134 e. The van der Waals surface area contributed by atoms with E-state index in [0.29, 0.717) is 6.61 Å². The van der Waals surface area contributed by atoms with Gasteiger partial charge in [-0.15, -0.1) is 11.3 Å². The van der Waals surface area contributed by atoms with E-state index in [4.69, 9.17) is 9.84 Å². The lowest BCUT2D eigenvalue weighted by atomic mass is 10.4. The largest absolute Gasteiger partial charge is 0.496 e. The van der Waals surface area contributed by atoms with Crippen LogP contribution in [0.4, 0.5) is 0 Å². The van der Waals surface area contributed by atoms with Crippen molar-refractivity contribution in [3.63, 3.8) is 0 Å². The topological polar surface area (TPSA) is 41.5 Å². The molecule has 0 atom stereocenters. The second kappa shape index (κ2) is 8.87. The normalized spacial score (nSPS) is 10.6. The molecule has 0 saturated carbocycles. The first-order valence-electron chi connectivity index (χ1n) is 5.38. The minimum atomic E-state index is 0.298. The number of aliphatic hydroxyl groups is 1. The highest BCUT2D eigenvalue weighted by atomic mass is 32.2. The lowest BCUT2D eigenvalue weighted by Gasteiger charge is -2.05. The van der Waals surface area contributed by atoms with Gasteiger partial charge in [0.2, 0.25) is 0 Å². The summed E-state index contributed by atoms with van der Waals surface area (Å²) < 4.78 is 5.23. The van der Waals surface area contributed by atoms with E-state index < -0.39 is 0 Å². The molecule has 92 valence electrons. The third-order valence-electron chi connectivity index (χ3n) is 2.08. The van der Waals surface area contributed by atoms with Crippen LogP contribution < -0.4 is 10.1 Å². The second-order valence-electron chi connectivity index (χ2n) is 3.28. The number of ether oxygens (including phenoxy) is 1. The minimum Gasteiger partial charge on any atom is -0.496 e. The maximum atomic E-state index is 8.61. The number of rotatable bonds is 9. The predicted molar refractivity (Wildman–Crippen MR) is 71.6 cm³/mol. The van der Waals surface area contributed by atoms with Gasteiger partial charge in [0.25, 0.3) is 0 Å². The quantitative estimate of drug-likeness (QED) is 0.667. The number of hydrogen-bond donors (Lipinski definition) is 2. The zero-order chi connectivity index (χ0) is 11.6. The van der Waals surface area contributed by atoms with Gasteiger partial charge in [-0.3, -0.25) is 0 Å². The van der Waals surface area contributed by atoms with Gasteiger partial charge in [0.15, 0.2) is 0 Å². The van der Waals surface area contributed by atoms with Crippen molar-refractivity contribution in [2.75, 3.05) is 31.8 Å². The highest BCUT2D eigenvalue weighted by Gasteiger charge is 2.02. The summed E-state index contributed by atoms with van der Waals surface area (Å²) in [4.78, 5) is 1.25. The molecule has 0 aromatic carbocycles. The van der Waals surface area contributed by atoms with Crippen LogP contribution in [0, 0.1) is 0 Å². The molecule has 5 heteroatoms. The molecule has 1 aromatic rings. The van der Waals surface area contributed by atoms with Crippen LogP contribution in [0.25, 0.3) is 0 Å². The van der Waals surface area contributed by atoms with Gasteiger partial charge in [-0.25, -0.2) is 0 Å². The lowest BCUT2D eigenvalue weighted by molar-refractivity contribution is 0.296. The van der Waals surface area contributed by atoms with Crippen molar-refractivity contribution in [1.82, 2.24) is 5.32 Å². The predicted octanol–water partition coefficient (Wildman–Crippen LogP) is 1.96. The minimum absolute atomic E-state index is 0.298. The van der Waals surface area contributed by atoms with Crippen LogP contribution in [0.1, 0.15) is 11.3 Å². The highest BCUT2D eigenvalue weighted by molar-refractivity contribution is 7.99. The van der Waals surface area contributed by atoms with Gasteiger partial charge in [-0.05, 0) is 23.6 Å². The van der Waals surface area contributed by atoms with Crippen molar-refractivity contribution in [2.45, 2.75) is 13.0 Å². The van der Waals surface area contributed by atoms with Crippen molar-refractivity contribution in [3.8, 4) is 5.75 Å². The van der Waals surface area contributed by atoms with E-state index in [1.165, 1.54) is 4.88 Å². The van der Waals surface area contributed by atoms with Gasteiger partial charge in [-0.1, -0.05) is 0 Å². The number of hydrogen-bond acceptors (Lipinski definition) is 5. The fraction of sp³-hybridized carbons (Fsp3) is 0.636. The average Bonchev–Trinajstić information content (AvgIpc) is 2.75. The first kappa shape index (κ1) is 13.8. The van der Waals surface area contributed by atoms with E-state index in [1.807, 2.05) is 23.2 Å². The molecule has 3 nitrogen and oxygen atoms in total. The molecule has 0 radical (unpaired) electrons. The van der Waals surface area contributed by atoms with Crippen LogP contribution in [-0.4, -0.2) is 36.9 Å². The van der Waals surface area contributed by atoms with Crippen LogP contribution >= 0.6 is 23.1 Å². The molecule has 0 aliphatic rings. The Labute approximate surface area is 105 Å². The Morgan fingerprint density at radius 3 is 3.12 bits per heavy atom.